The van der Waals surface area contributed by atoms with E-state index in [9.17, 15) is 10.1 Å². The first-order valence-corrected chi connectivity index (χ1v) is 6.06. The minimum absolute atomic E-state index is 0.0187. The number of nitrogens with zero attached hydrogens (tertiary/aromatic N) is 4. The number of nitro groups is 1. The molecule has 0 aliphatic heterocycles. The number of rotatable bonds is 6. The number of hydrogen-bond acceptors (Lipinski definition) is 5. The van der Waals surface area contributed by atoms with E-state index in [1.165, 1.54) is 12.1 Å². The van der Waals surface area contributed by atoms with E-state index in [-0.39, 0.29) is 5.69 Å². The Balaban J connectivity index is 1.91. The number of nitro benzene ring substituents is 1. The number of hydrogen-bond donors (Lipinski definition) is 1. The first-order valence-electron chi connectivity index (χ1n) is 5.69. The second-order valence-electron chi connectivity index (χ2n) is 3.87. The van der Waals surface area contributed by atoms with E-state index in [4.69, 9.17) is 11.6 Å². The Morgan fingerprint density at radius 2 is 2.32 bits per heavy atom. The average molecular weight is 282 g/mol. The summed E-state index contributed by atoms with van der Waals surface area (Å²) in [6.45, 7) is 1.28. The molecule has 0 unspecified atom stereocenters. The molecule has 0 bridgehead atoms. The van der Waals surface area contributed by atoms with Crippen molar-refractivity contribution < 1.29 is 4.92 Å². The van der Waals surface area contributed by atoms with Gasteiger partial charge in [-0.05, 0) is 18.6 Å². The lowest BCUT2D eigenvalue weighted by molar-refractivity contribution is -0.384. The van der Waals surface area contributed by atoms with Crippen molar-refractivity contribution >= 4 is 23.0 Å². The molecule has 1 N–H and O–H groups in total. The summed E-state index contributed by atoms with van der Waals surface area (Å²) in [7, 11) is 0. The normalized spacial score (nSPS) is 10.4. The molecule has 0 saturated heterocycles. The van der Waals surface area contributed by atoms with Crippen molar-refractivity contribution in [3.8, 4) is 0 Å². The minimum atomic E-state index is -0.434. The summed E-state index contributed by atoms with van der Waals surface area (Å²) < 4.78 is 1.70. The molecule has 0 spiro atoms. The number of anilines is 1. The van der Waals surface area contributed by atoms with Crippen LogP contribution < -0.4 is 5.32 Å². The summed E-state index contributed by atoms with van der Waals surface area (Å²) in [6, 6.07) is 4.44. The Morgan fingerprint density at radius 3 is 3.00 bits per heavy atom. The van der Waals surface area contributed by atoms with Crippen LogP contribution in [0.2, 0.25) is 5.02 Å². The fourth-order valence-electron chi connectivity index (χ4n) is 1.63. The van der Waals surface area contributed by atoms with Gasteiger partial charge in [0.1, 0.15) is 5.69 Å². The summed E-state index contributed by atoms with van der Waals surface area (Å²) in [6.07, 6.45) is 4.14. The molecular formula is C11H12ClN5O2. The van der Waals surface area contributed by atoms with Gasteiger partial charge >= 0.3 is 0 Å². The standard InChI is InChI=1S/C11H12ClN5O2/c12-9-2-3-11(17(18)19)10(8-9)13-4-1-6-16-7-5-14-15-16/h2-3,5,7-8,13H,1,4,6H2. The molecule has 100 valence electrons. The minimum Gasteiger partial charge on any atom is -0.379 e. The molecule has 0 aliphatic rings. The van der Waals surface area contributed by atoms with Gasteiger partial charge in [0, 0.05) is 30.4 Å². The molecular weight excluding hydrogens is 270 g/mol. The lowest BCUT2D eigenvalue weighted by Crippen LogP contribution is -2.08. The lowest BCUT2D eigenvalue weighted by atomic mass is 10.2. The summed E-state index contributed by atoms with van der Waals surface area (Å²) in [5, 5.41) is 21.8. The molecule has 1 aromatic heterocycles. The van der Waals surface area contributed by atoms with Crippen LogP contribution >= 0.6 is 11.6 Å². The molecule has 0 saturated carbocycles. The van der Waals surface area contributed by atoms with Gasteiger partial charge in [-0.25, -0.2) is 0 Å². The zero-order valence-electron chi connectivity index (χ0n) is 9.99. The number of nitrogens with one attached hydrogen (secondary N) is 1. The Morgan fingerprint density at radius 1 is 1.47 bits per heavy atom. The van der Waals surface area contributed by atoms with E-state index in [0.29, 0.717) is 23.8 Å². The Labute approximate surface area is 114 Å². The van der Waals surface area contributed by atoms with Crippen molar-refractivity contribution in [2.45, 2.75) is 13.0 Å². The Hall–Kier alpha value is -2.15. The first kappa shape index (κ1) is 13.3. The largest absolute Gasteiger partial charge is 0.379 e. The number of aromatic nitrogens is 3. The van der Waals surface area contributed by atoms with Gasteiger partial charge in [-0.1, -0.05) is 16.8 Å². The third-order valence-electron chi connectivity index (χ3n) is 2.51. The van der Waals surface area contributed by atoms with Gasteiger partial charge in [-0.3, -0.25) is 14.8 Å². The average Bonchev–Trinajstić information content (AvgIpc) is 2.87. The molecule has 1 heterocycles. The second-order valence-corrected chi connectivity index (χ2v) is 4.30. The monoisotopic (exact) mass is 281 g/mol. The van der Waals surface area contributed by atoms with Crippen LogP contribution in [0.4, 0.5) is 11.4 Å². The molecule has 8 heteroatoms. The number of benzene rings is 1. The van der Waals surface area contributed by atoms with Gasteiger partial charge in [0.15, 0.2) is 0 Å². The van der Waals surface area contributed by atoms with Gasteiger partial charge in [-0.15, -0.1) is 5.10 Å². The SMILES string of the molecule is O=[N+]([O-])c1ccc(Cl)cc1NCCCn1ccnn1. The summed E-state index contributed by atoms with van der Waals surface area (Å²) >= 11 is 5.83. The molecule has 0 amide bonds. The van der Waals surface area contributed by atoms with Crippen molar-refractivity contribution in [1.82, 2.24) is 15.0 Å². The van der Waals surface area contributed by atoms with Crippen LogP contribution in [0.25, 0.3) is 0 Å². The van der Waals surface area contributed by atoms with Crippen molar-refractivity contribution in [1.29, 1.82) is 0 Å². The molecule has 2 rings (SSSR count). The molecule has 2 aromatic rings. The zero-order chi connectivity index (χ0) is 13.7. The highest BCUT2D eigenvalue weighted by atomic mass is 35.5. The number of aryl methyl sites for hydroxylation is 1. The quantitative estimate of drug-likeness (QED) is 0.499. The molecule has 0 aliphatic carbocycles. The van der Waals surface area contributed by atoms with E-state index < -0.39 is 4.92 Å². The van der Waals surface area contributed by atoms with Crippen LogP contribution in [0.3, 0.4) is 0 Å². The first-order chi connectivity index (χ1) is 9.16. The molecule has 0 fully saturated rings. The second kappa shape index (κ2) is 6.14. The Kier molecular flexibility index (Phi) is 4.30. The van der Waals surface area contributed by atoms with E-state index >= 15 is 0 Å². The van der Waals surface area contributed by atoms with Crippen molar-refractivity contribution in [2.24, 2.45) is 0 Å². The van der Waals surface area contributed by atoms with Crippen LogP contribution in [0.1, 0.15) is 6.42 Å². The predicted octanol–water partition coefficient (Wildman–Crippen LogP) is 2.34. The Bertz CT molecular complexity index is 558. The van der Waals surface area contributed by atoms with Crippen LogP contribution in [-0.2, 0) is 6.54 Å². The molecule has 0 radical (unpaired) electrons. The van der Waals surface area contributed by atoms with Gasteiger partial charge in [-0.2, -0.15) is 0 Å². The molecule has 7 nitrogen and oxygen atoms in total. The van der Waals surface area contributed by atoms with Gasteiger partial charge in [0.2, 0.25) is 0 Å². The van der Waals surface area contributed by atoms with E-state index in [2.05, 4.69) is 15.6 Å². The third kappa shape index (κ3) is 3.65. The molecule has 0 atom stereocenters. The molecule has 19 heavy (non-hydrogen) atoms. The smallest absolute Gasteiger partial charge is 0.292 e. The fraction of sp³-hybridized carbons (Fsp3) is 0.273. The van der Waals surface area contributed by atoms with Crippen LogP contribution in [0, 0.1) is 10.1 Å². The topological polar surface area (TPSA) is 85.9 Å². The van der Waals surface area contributed by atoms with E-state index in [1.54, 1.807) is 23.1 Å². The van der Waals surface area contributed by atoms with E-state index in [1.807, 2.05) is 0 Å². The predicted molar refractivity (Wildman–Crippen MR) is 71.2 cm³/mol. The zero-order valence-corrected chi connectivity index (χ0v) is 10.7. The van der Waals surface area contributed by atoms with Crippen LogP contribution in [-0.4, -0.2) is 26.5 Å². The van der Waals surface area contributed by atoms with Crippen molar-refractivity contribution in [2.75, 3.05) is 11.9 Å². The van der Waals surface area contributed by atoms with E-state index in [0.717, 1.165) is 6.42 Å². The fourth-order valence-corrected chi connectivity index (χ4v) is 1.80. The van der Waals surface area contributed by atoms with Gasteiger partial charge in [0.05, 0.1) is 11.1 Å². The third-order valence-corrected chi connectivity index (χ3v) is 2.74. The highest BCUT2D eigenvalue weighted by Crippen LogP contribution is 2.27. The molecule has 1 aromatic carbocycles. The van der Waals surface area contributed by atoms with Crippen LogP contribution in [0.15, 0.2) is 30.6 Å². The van der Waals surface area contributed by atoms with Crippen molar-refractivity contribution in [3.63, 3.8) is 0 Å². The van der Waals surface area contributed by atoms with Crippen LogP contribution in [0.5, 0.6) is 0 Å². The maximum absolute atomic E-state index is 10.9. The highest BCUT2D eigenvalue weighted by molar-refractivity contribution is 6.31. The lowest BCUT2D eigenvalue weighted by Gasteiger charge is -2.07. The summed E-state index contributed by atoms with van der Waals surface area (Å²) in [5.74, 6) is 0. The van der Waals surface area contributed by atoms with Gasteiger partial charge < -0.3 is 5.32 Å². The number of halogens is 1. The summed E-state index contributed by atoms with van der Waals surface area (Å²) in [4.78, 5) is 10.4. The highest BCUT2D eigenvalue weighted by Gasteiger charge is 2.13. The maximum atomic E-state index is 10.9. The van der Waals surface area contributed by atoms with Gasteiger partial charge in [0.25, 0.3) is 5.69 Å². The summed E-state index contributed by atoms with van der Waals surface area (Å²) in [5.41, 5.74) is 0.446. The maximum Gasteiger partial charge on any atom is 0.292 e. The van der Waals surface area contributed by atoms with Crippen molar-refractivity contribution in [3.05, 3.63) is 45.7 Å².